The number of hydrogen-bond donors (Lipinski definition) is 1. The number of nitro groups is 1. The predicted octanol–water partition coefficient (Wildman–Crippen LogP) is 4.01. The fourth-order valence-electron chi connectivity index (χ4n) is 2.06. The highest BCUT2D eigenvalue weighted by Crippen LogP contribution is 2.26. The highest BCUT2D eigenvalue weighted by molar-refractivity contribution is 7.99. The van der Waals surface area contributed by atoms with Gasteiger partial charge >= 0.3 is 5.97 Å². The molecule has 0 aliphatic carbocycles. The van der Waals surface area contributed by atoms with E-state index >= 15 is 0 Å². The molecule has 0 aliphatic heterocycles. The van der Waals surface area contributed by atoms with Crippen LogP contribution in [0, 0.1) is 17.0 Å². The van der Waals surface area contributed by atoms with Crippen LogP contribution in [0.5, 0.6) is 0 Å². The van der Waals surface area contributed by atoms with Crippen LogP contribution in [0.2, 0.25) is 0 Å². The summed E-state index contributed by atoms with van der Waals surface area (Å²) in [4.78, 5) is 34.4. The molecule has 1 amide bonds. The zero-order valence-electron chi connectivity index (χ0n) is 14.0. The van der Waals surface area contributed by atoms with E-state index in [2.05, 4.69) is 5.32 Å². The maximum atomic E-state index is 12.2. The molecule has 0 aliphatic rings. The van der Waals surface area contributed by atoms with Crippen molar-refractivity contribution in [1.29, 1.82) is 0 Å². The standard InChI is InChI=1S/C17H14F2N2O5S/c1-10-2-3-11(8-14(10)21(24)25)16(23)26-9-15(22)20-12-4-6-13(7-5-12)27-17(18)19/h2-8,17H,9H2,1H3,(H,20,22). The number of halogens is 2. The number of nitrogens with one attached hydrogen (secondary N) is 1. The van der Waals surface area contributed by atoms with E-state index in [1.165, 1.54) is 43.3 Å². The van der Waals surface area contributed by atoms with Gasteiger partial charge in [-0.2, -0.15) is 8.78 Å². The van der Waals surface area contributed by atoms with Gasteiger partial charge in [0.1, 0.15) is 0 Å². The second-order valence-corrected chi connectivity index (χ2v) is 6.35. The number of alkyl halides is 2. The van der Waals surface area contributed by atoms with Gasteiger partial charge in [-0.25, -0.2) is 4.79 Å². The molecule has 0 spiro atoms. The lowest BCUT2D eigenvalue weighted by Gasteiger charge is -2.08. The maximum absolute atomic E-state index is 12.2. The monoisotopic (exact) mass is 396 g/mol. The summed E-state index contributed by atoms with van der Waals surface area (Å²) in [7, 11) is 0. The van der Waals surface area contributed by atoms with Crippen molar-refractivity contribution in [3.8, 4) is 0 Å². The fraction of sp³-hybridized carbons (Fsp3) is 0.176. The number of ether oxygens (including phenoxy) is 1. The Morgan fingerprint density at radius 2 is 1.89 bits per heavy atom. The van der Waals surface area contributed by atoms with Crippen LogP contribution < -0.4 is 5.32 Å². The van der Waals surface area contributed by atoms with Gasteiger partial charge in [0.25, 0.3) is 17.4 Å². The number of thioether (sulfide) groups is 1. The van der Waals surface area contributed by atoms with Crippen molar-refractivity contribution >= 4 is 35.0 Å². The molecule has 27 heavy (non-hydrogen) atoms. The number of rotatable bonds is 7. The topological polar surface area (TPSA) is 98.5 Å². The molecule has 2 aromatic rings. The molecule has 2 rings (SSSR count). The van der Waals surface area contributed by atoms with Gasteiger partial charge < -0.3 is 10.1 Å². The molecule has 0 aromatic heterocycles. The van der Waals surface area contributed by atoms with Crippen molar-refractivity contribution in [1.82, 2.24) is 0 Å². The van der Waals surface area contributed by atoms with Crippen LogP contribution in [0.1, 0.15) is 15.9 Å². The molecule has 0 heterocycles. The Hall–Kier alpha value is -3.01. The minimum atomic E-state index is -2.54. The number of carbonyl (C=O) groups is 2. The molecule has 0 saturated carbocycles. The second kappa shape index (κ2) is 9.08. The van der Waals surface area contributed by atoms with Crippen LogP contribution in [0.25, 0.3) is 0 Å². The third kappa shape index (κ3) is 6.03. The van der Waals surface area contributed by atoms with E-state index in [0.717, 1.165) is 6.07 Å². The van der Waals surface area contributed by atoms with E-state index in [-0.39, 0.29) is 11.3 Å². The smallest absolute Gasteiger partial charge is 0.338 e. The van der Waals surface area contributed by atoms with E-state index in [0.29, 0.717) is 27.9 Å². The number of nitro benzene ring substituents is 1. The highest BCUT2D eigenvalue weighted by Gasteiger charge is 2.17. The lowest BCUT2D eigenvalue weighted by Crippen LogP contribution is -2.21. The van der Waals surface area contributed by atoms with Gasteiger partial charge in [0.15, 0.2) is 6.61 Å². The lowest BCUT2D eigenvalue weighted by atomic mass is 10.1. The van der Waals surface area contributed by atoms with Crippen molar-refractivity contribution < 1.29 is 28.0 Å². The highest BCUT2D eigenvalue weighted by atomic mass is 32.2. The van der Waals surface area contributed by atoms with Gasteiger partial charge in [0.2, 0.25) is 0 Å². The van der Waals surface area contributed by atoms with Crippen molar-refractivity contribution in [2.45, 2.75) is 17.6 Å². The number of nitrogens with zero attached hydrogens (tertiary/aromatic N) is 1. The molecule has 1 N–H and O–H groups in total. The van der Waals surface area contributed by atoms with Crippen molar-refractivity contribution in [3.63, 3.8) is 0 Å². The molecule has 0 bridgehead atoms. The summed E-state index contributed by atoms with van der Waals surface area (Å²) < 4.78 is 29.3. The number of carbonyl (C=O) groups excluding carboxylic acids is 2. The zero-order valence-corrected chi connectivity index (χ0v) is 14.8. The number of hydrogen-bond acceptors (Lipinski definition) is 6. The third-order valence-corrected chi connectivity index (χ3v) is 4.06. The first-order valence-electron chi connectivity index (χ1n) is 7.53. The average molecular weight is 396 g/mol. The second-order valence-electron chi connectivity index (χ2n) is 5.29. The molecular weight excluding hydrogens is 382 g/mol. The Bertz CT molecular complexity index is 859. The largest absolute Gasteiger partial charge is 0.452 e. The molecule has 2 aromatic carbocycles. The zero-order chi connectivity index (χ0) is 20.0. The molecule has 0 radical (unpaired) electrons. The van der Waals surface area contributed by atoms with Crippen LogP contribution in [0.15, 0.2) is 47.4 Å². The number of anilines is 1. The van der Waals surface area contributed by atoms with E-state index in [1.54, 1.807) is 0 Å². The van der Waals surface area contributed by atoms with Gasteiger partial charge in [-0.1, -0.05) is 17.8 Å². The summed E-state index contributed by atoms with van der Waals surface area (Å²) in [6, 6.07) is 9.57. The van der Waals surface area contributed by atoms with Crippen molar-refractivity contribution in [3.05, 3.63) is 63.7 Å². The molecule has 10 heteroatoms. The molecule has 0 unspecified atom stereocenters. The Morgan fingerprint density at radius 3 is 2.48 bits per heavy atom. The SMILES string of the molecule is Cc1ccc(C(=O)OCC(=O)Nc2ccc(SC(F)F)cc2)cc1[N+](=O)[O-]. The molecule has 7 nitrogen and oxygen atoms in total. The number of aryl methyl sites for hydroxylation is 1. The van der Waals surface area contributed by atoms with E-state index in [4.69, 9.17) is 4.74 Å². The summed E-state index contributed by atoms with van der Waals surface area (Å²) in [6.45, 7) is 0.930. The Balaban J connectivity index is 1.90. The Kier molecular flexibility index (Phi) is 6.83. The fourth-order valence-corrected chi connectivity index (χ4v) is 2.56. The van der Waals surface area contributed by atoms with Crippen LogP contribution in [0.3, 0.4) is 0 Å². The summed E-state index contributed by atoms with van der Waals surface area (Å²) in [5.41, 5.74) is 0.465. The van der Waals surface area contributed by atoms with E-state index in [1.807, 2.05) is 0 Å². The van der Waals surface area contributed by atoms with Gasteiger partial charge in [-0.05, 0) is 37.3 Å². The van der Waals surface area contributed by atoms with Crippen LogP contribution in [-0.4, -0.2) is 29.2 Å². The summed E-state index contributed by atoms with van der Waals surface area (Å²) in [6.07, 6.45) is 0. The summed E-state index contributed by atoms with van der Waals surface area (Å²) >= 11 is 0.379. The quantitative estimate of drug-likeness (QED) is 0.329. The van der Waals surface area contributed by atoms with Crippen LogP contribution >= 0.6 is 11.8 Å². The normalized spacial score (nSPS) is 10.5. The maximum Gasteiger partial charge on any atom is 0.338 e. The molecule has 0 atom stereocenters. The summed E-state index contributed by atoms with van der Waals surface area (Å²) in [5.74, 6) is -4.06. The number of benzene rings is 2. The predicted molar refractivity (Wildman–Crippen MR) is 95.0 cm³/mol. The Labute approximate surface area is 156 Å². The average Bonchev–Trinajstić information content (AvgIpc) is 2.61. The molecule has 0 fully saturated rings. The van der Waals surface area contributed by atoms with Gasteiger partial charge in [0, 0.05) is 22.2 Å². The number of amides is 1. The molecule has 0 saturated heterocycles. The van der Waals surface area contributed by atoms with Crippen molar-refractivity contribution in [2.24, 2.45) is 0 Å². The first kappa shape index (κ1) is 20.3. The van der Waals surface area contributed by atoms with Gasteiger partial charge in [0.05, 0.1) is 10.5 Å². The van der Waals surface area contributed by atoms with Gasteiger partial charge in [-0.3, -0.25) is 14.9 Å². The summed E-state index contributed by atoms with van der Waals surface area (Å²) in [5, 5.41) is 13.3. The van der Waals surface area contributed by atoms with E-state index in [9.17, 15) is 28.5 Å². The lowest BCUT2D eigenvalue weighted by molar-refractivity contribution is -0.385. The minimum Gasteiger partial charge on any atom is -0.452 e. The molecule has 142 valence electrons. The number of esters is 1. The minimum absolute atomic E-state index is 0.0477. The van der Waals surface area contributed by atoms with E-state index < -0.39 is 29.2 Å². The first-order valence-corrected chi connectivity index (χ1v) is 8.41. The van der Waals surface area contributed by atoms with Crippen LogP contribution in [0.4, 0.5) is 20.2 Å². The van der Waals surface area contributed by atoms with Crippen LogP contribution in [-0.2, 0) is 9.53 Å². The first-order chi connectivity index (χ1) is 12.8. The third-order valence-electron chi connectivity index (χ3n) is 3.34. The molecular formula is C17H14F2N2O5S. The Morgan fingerprint density at radius 1 is 1.22 bits per heavy atom. The van der Waals surface area contributed by atoms with Gasteiger partial charge in [-0.15, -0.1) is 0 Å². The van der Waals surface area contributed by atoms with Crippen molar-refractivity contribution in [2.75, 3.05) is 11.9 Å².